The molecule has 0 unspecified atom stereocenters. The standard InChI is InChI=1S/C27H23IN2O3/c1-18-10-12-21(13-11-18)27(31)30-29-16-19-14-24(28)26(25(15-19)32-2)33-17-22-8-5-7-20-6-3-4-9-23(20)22/h3-16H,17H2,1-2H3,(H,30,31)/b29-16-. The fourth-order valence-corrected chi connectivity index (χ4v) is 4.24. The van der Waals surface area contributed by atoms with Gasteiger partial charge >= 0.3 is 0 Å². The van der Waals surface area contributed by atoms with Gasteiger partial charge in [0.25, 0.3) is 5.91 Å². The van der Waals surface area contributed by atoms with Gasteiger partial charge in [0.15, 0.2) is 11.5 Å². The van der Waals surface area contributed by atoms with E-state index in [1.165, 1.54) is 10.8 Å². The Morgan fingerprint density at radius 1 is 1.03 bits per heavy atom. The van der Waals surface area contributed by atoms with Gasteiger partial charge in [-0.3, -0.25) is 4.79 Å². The van der Waals surface area contributed by atoms with E-state index in [2.05, 4.69) is 57.4 Å². The molecule has 0 heterocycles. The Kier molecular flexibility index (Phi) is 7.24. The summed E-state index contributed by atoms with van der Waals surface area (Å²) in [6.45, 7) is 2.40. The second-order valence-corrected chi connectivity index (χ2v) is 8.69. The quantitative estimate of drug-likeness (QED) is 0.172. The van der Waals surface area contributed by atoms with Crippen molar-refractivity contribution in [1.82, 2.24) is 5.43 Å². The van der Waals surface area contributed by atoms with Crippen LogP contribution in [0.25, 0.3) is 10.8 Å². The molecule has 0 atom stereocenters. The number of amides is 1. The highest BCUT2D eigenvalue weighted by Gasteiger charge is 2.12. The zero-order chi connectivity index (χ0) is 23.2. The SMILES string of the molecule is COc1cc(/C=N\NC(=O)c2ccc(C)cc2)cc(I)c1OCc1cccc2ccccc12. The lowest BCUT2D eigenvalue weighted by Crippen LogP contribution is -2.17. The van der Waals surface area contributed by atoms with E-state index in [-0.39, 0.29) is 5.91 Å². The molecule has 0 bridgehead atoms. The Bertz CT molecular complexity index is 1310. The minimum Gasteiger partial charge on any atom is -0.493 e. The number of nitrogens with zero attached hydrogens (tertiary/aromatic N) is 1. The molecule has 0 saturated carbocycles. The van der Waals surface area contributed by atoms with Crippen LogP contribution in [0.3, 0.4) is 0 Å². The molecule has 5 nitrogen and oxygen atoms in total. The first-order chi connectivity index (χ1) is 16.0. The fraction of sp³-hybridized carbons (Fsp3) is 0.111. The van der Waals surface area contributed by atoms with E-state index in [4.69, 9.17) is 9.47 Å². The molecule has 0 radical (unpaired) electrons. The summed E-state index contributed by atoms with van der Waals surface area (Å²) < 4.78 is 12.6. The Hall–Kier alpha value is -3.39. The number of hydrazone groups is 1. The number of methoxy groups -OCH3 is 1. The van der Waals surface area contributed by atoms with E-state index >= 15 is 0 Å². The van der Waals surface area contributed by atoms with E-state index < -0.39 is 0 Å². The van der Waals surface area contributed by atoms with Gasteiger partial charge in [-0.2, -0.15) is 5.10 Å². The molecule has 1 N–H and O–H groups in total. The van der Waals surface area contributed by atoms with Gasteiger partial charge in [0, 0.05) is 5.56 Å². The molecular weight excluding hydrogens is 527 g/mol. The first-order valence-electron chi connectivity index (χ1n) is 10.4. The molecule has 0 saturated heterocycles. The summed E-state index contributed by atoms with van der Waals surface area (Å²) in [6, 6.07) is 25.5. The molecule has 0 aromatic heterocycles. The van der Waals surface area contributed by atoms with E-state index in [9.17, 15) is 4.79 Å². The monoisotopic (exact) mass is 550 g/mol. The van der Waals surface area contributed by atoms with Gasteiger partial charge in [0.2, 0.25) is 0 Å². The number of halogens is 1. The minimum absolute atomic E-state index is 0.261. The molecule has 6 heteroatoms. The molecule has 166 valence electrons. The Labute approximate surface area is 206 Å². The summed E-state index contributed by atoms with van der Waals surface area (Å²) in [6.07, 6.45) is 1.59. The average Bonchev–Trinajstić information content (AvgIpc) is 2.83. The second kappa shape index (κ2) is 10.5. The third kappa shape index (κ3) is 5.51. The average molecular weight is 550 g/mol. The molecule has 0 spiro atoms. The maximum absolute atomic E-state index is 12.2. The highest BCUT2D eigenvalue weighted by Crippen LogP contribution is 2.34. The van der Waals surface area contributed by atoms with Crippen LogP contribution < -0.4 is 14.9 Å². The topological polar surface area (TPSA) is 59.9 Å². The van der Waals surface area contributed by atoms with Crippen LogP contribution in [0.1, 0.15) is 27.0 Å². The third-order valence-electron chi connectivity index (χ3n) is 5.20. The van der Waals surface area contributed by atoms with E-state index in [0.717, 1.165) is 20.3 Å². The predicted molar refractivity (Wildman–Crippen MR) is 140 cm³/mol. The number of fused-ring (bicyclic) bond motifs is 1. The van der Waals surface area contributed by atoms with Gasteiger partial charge < -0.3 is 9.47 Å². The van der Waals surface area contributed by atoms with Crippen molar-refractivity contribution in [3.8, 4) is 11.5 Å². The van der Waals surface area contributed by atoms with E-state index in [1.54, 1.807) is 25.5 Å². The molecule has 0 aliphatic heterocycles. The molecule has 4 rings (SSSR count). The Morgan fingerprint density at radius 2 is 1.79 bits per heavy atom. The van der Waals surface area contributed by atoms with Crippen molar-refractivity contribution in [3.05, 3.63) is 105 Å². The molecule has 33 heavy (non-hydrogen) atoms. The summed E-state index contributed by atoms with van der Waals surface area (Å²) in [7, 11) is 1.61. The van der Waals surface area contributed by atoms with Crippen molar-refractivity contribution < 1.29 is 14.3 Å². The van der Waals surface area contributed by atoms with Crippen molar-refractivity contribution in [1.29, 1.82) is 0 Å². The van der Waals surface area contributed by atoms with Gasteiger partial charge in [-0.25, -0.2) is 5.43 Å². The minimum atomic E-state index is -0.261. The van der Waals surface area contributed by atoms with Crippen molar-refractivity contribution in [2.75, 3.05) is 7.11 Å². The Balaban J connectivity index is 1.47. The third-order valence-corrected chi connectivity index (χ3v) is 6.00. The number of rotatable bonds is 7. The number of carbonyl (C=O) groups is 1. The molecule has 4 aromatic rings. The summed E-state index contributed by atoms with van der Waals surface area (Å²) in [4.78, 5) is 12.2. The first kappa shape index (κ1) is 22.8. The molecule has 0 aliphatic rings. The summed E-state index contributed by atoms with van der Waals surface area (Å²) in [5.74, 6) is 1.02. The molecule has 0 aliphatic carbocycles. The molecule has 1 amide bonds. The van der Waals surface area contributed by atoms with Crippen LogP contribution in [-0.4, -0.2) is 19.2 Å². The second-order valence-electron chi connectivity index (χ2n) is 7.53. The highest BCUT2D eigenvalue weighted by atomic mass is 127. The van der Waals surface area contributed by atoms with Gasteiger partial charge in [0.1, 0.15) is 6.61 Å². The number of benzene rings is 4. The number of aryl methyl sites for hydroxylation is 1. The fourth-order valence-electron chi connectivity index (χ4n) is 3.46. The maximum Gasteiger partial charge on any atom is 0.271 e. The number of nitrogens with one attached hydrogen (secondary N) is 1. The number of hydrogen-bond donors (Lipinski definition) is 1. The van der Waals surface area contributed by atoms with Gasteiger partial charge in [-0.1, -0.05) is 60.2 Å². The van der Waals surface area contributed by atoms with Gasteiger partial charge in [-0.05, 0) is 75.7 Å². The van der Waals surface area contributed by atoms with Crippen LogP contribution >= 0.6 is 22.6 Å². The number of ether oxygens (including phenoxy) is 2. The molecular formula is C27H23IN2O3. The number of carbonyl (C=O) groups excluding carboxylic acids is 1. The predicted octanol–water partition coefficient (Wildman–Crippen LogP) is 6.10. The van der Waals surface area contributed by atoms with Crippen LogP contribution in [-0.2, 0) is 6.61 Å². The summed E-state index contributed by atoms with van der Waals surface area (Å²) in [5, 5.41) is 6.44. The van der Waals surface area contributed by atoms with Crippen LogP contribution in [0.15, 0.2) is 84.0 Å². The Morgan fingerprint density at radius 3 is 2.58 bits per heavy atom. The highest BCUT2D eigenvalue weighted by molar-refractivity contribution is 14.1. The summed E-state index contributed by atoms with van der Waals surface area (Å²) >= 11 is 2.22. The maximum atomic E-state index is 12.2. The van der Waals surface area contributed by atoms with Crippen LogP contribution in [0.2, 0.25) is 0 Å². The lowest BCUT2D eigenvalue weighted by molar-refractivity contribution is 0.0955. The van der Waals surface area contributed by atoms with Crippen molar-refractivity contribution in [3.63, 3.8) is 0 Å². The zero-order valence-electron chi connectivity index (χ0n) is 18.3. The largest absolute Gasteiger partial charge is 0.493 e. The van der Waals surface area contributed by atoms with Crippen LogP contribution in [0.5, 0.6) is 11.5 Å². The normalized spacial score (nSPS) is 11.0. The van der Waals surface area contributed by atoms with Crippen LogP contribution in [0.4, 0.5) is 0 Å². The van der Waals surface area contributed by atoms with E-state index in [1.807, 2.05) is 49.4 Å². The number of hydrogen-bond acceptors (Lipinski definition) is 4. The lowest BCUT2D eigenvalue weighted by atomic mass is 10.1. The zero-order valence-corrected chi connectivity index (χ0v) is 20.5. The summed E-state index contributed by atoms with van der Waals surface area (Å²) in [5.41, 5.74) is 6.11. The van der Waals surface area contributed by atoms with Gasteiger partial charge in [-0.15, -0.1) is 0 Å². The van der Waals surface area contributed by atoms with E-state index in [0.29, 0.717) is 23.7 Å². The first-order valence-corrected chi connectivity index (χ1v) is 11.5. The van der Waals surface area contributed by atoms with Crippen LogP contribution in [0, 0.1) is 10.5 Å². The van der Waals surface area contributed by atoms with Gasteiger partial charge in [0.05, 0.1) is 16.9 Å². The lowest BCUT2D eigenvalue weighted by Gasteiger charge is -2.14. The van der Waals surface area contributed by atoms with Crippen molar-refractivity contribution >= 4 is 45.5 Å². The molecule has 0 fully saturated rings. The van der Waals surface area contributed by atoms with Crippen molar-refractivity contribution in [2.45, 2.75) is 13.5 Å². The van der Waals surface area contributed by atoms with Crippen molar-refractivity contribution in [2.24, 2.45) is 5.10 Å². The smallest absolute Gasteiger partial charge is 0.271 e. The molecule has 4 aromatic carbocycles.